The van der Waals surface area contributed by atoms with Gasteiger partial charge in [-0.1, -0.05) is 41.9 Å². The van der Waals surface area contributed by atoms with E-state index in [-0.39, 0.29) is 0 Å². The highest BCUT2D eigenvalue weighted by Crippen LogP contribution is 2.41. The van der Waals surface area contributed by atoms with Gasteiger partial charge in [-0.25, -0.2) is 4.98 Å². The second-order valence-electron chi connectivity index (χ2n) is 4.22. The van der Waals surface area contributed by atoms with Crippen LogP contribution in [0.1, 0.15) is 0 Å². The number of hydrogen-bond acceptors (Lipinski definition) is 2. The lowest BCUT2D eigenvalue weighted by Crippen LogP contribution is -1.82. The van der Waals surface area contributed by atoms with Crippen molar-refractivity contribution in [3.63, 3.8) is 0 Å². The average molecular weight is 254 g/mol. The molecule has 0 saturated carbocycles. The molecule has 2 aromatic carbocycles. The Kier molecular flexibility index (Phi) is 1.91. The number of halogens is 1. The molecule has 3 heteroatoms. The second kappa shape index (κ2) is 3.47. The lowest BCUT2D eigenvalue weighted by Gasteiger charge is -2.05. The molecule has 0 aliphatic carbocycles. The van der Waals surface area contributed by atoms with E-state index in [2.05, 4.69) is 4.98 Å². The molecule has 0 aromatic heterocycles. The van der Waals surface area contributed by atoms with E-state index in [4.69, 9.17) is 16.0 Å². The molecule has 4 rings (SSSR count). The number of nitrogens with zero attached hydrogens (tertiary/aromatic N) is 1. The molecule has 0 bridgehead atoms. The number of rotatable bonds is 0. The molecule has 2 heterocycles. The maximum atomic E-state index is 6.49. The summed E-state index contributed by atoms with van der Waals surface area (Å²) in [7, 11) is 0. The van der Waals surface area contributed by atoms with Gasteiger partial charge in [-0.2, -0.15) is 0 Å². The lowest BCUT2D eigenvalue weighted by atomic mass is 10.1. The first-order chi connectivity index (χ1) is 8.84. The summed E-state index contributed by atoms with van der Waals surface area (Å²) in [5.41, 5.74) is 2.57. The minimum Gasteiger partial charge on any atom is -0.438 e. The van der Waals surface area contributed by atoms with Crippen molar-refractivity contribution in [1.82, 2.24) is 4.98 Å². The molecule has 0 radical (unpaired) electrons. The van der Waals surface area contributed by atoms with Crippen molar-refractivity contribution in [2.75, 3.05) is 0 Å². The van der Waals surface area contributed by atoms with Crippen molar-refractivity contribution in [1.29, 1.82) is 0 Å². The average Bonchev–Trinajstić information content (AvgIpc) is 2.77. The van der Waals surface area contributed by atoms with Crippen LogP contribution in [0.25, 0.3) is 33.3 Å². The maximum Gasteiger partial charge on any atom is 0.229 e. The third-order valence-corrected chi connectivity index (χ3v) is 3.55. The Balaban J connectivity index is 2.31. The highest BCUT2D eigenvalue weighted by atomic mass is 35.5. The van der Waals surface area contributed by atoms with Crippen LogP contribution in [0.4, 0.5) is 0 Å². The normalized spacial score (nSPS) is 11.6. The fourth-order valence-corrected chi connectivity index (χ4v) is 2.66. The summed E-state index contributed by atoms with van der Waals surface area (Å²) in [5, 5.41) is 2.66. The smallest absolute Gasteiger partial charge is 0.229 e. The standard InChI is InChI=1S/C15H8ClNO/c16-14-10-6-2-4-8-12(10)18-15-13(14)9-5-1-3-7-11(9)17-15/h1-8H. The molecule has 2 nitrogen and oxygen atoms in total. The summed E-state index contributed by atoms with van der Waals surface area (Å²) >= 11 is 6.49. The van der Waals surface area contributed by atoms with Gasteiger partial charge >= 0.3 is 0 Å². The summed E-state index contributed by atoms with van der Waals surface area (Å²) < 4.78 is 5.82. The van der Waals surface area contributed by atoms with Gasteiger partial charge in [0.15, 0.2) is 0 Å². The Morgan fingerprint density at radius 3 is 2.50 bits per heavy atom. The number of aromatic nitrogens is 1. The molecule has 0 N–H and O–H groups in total. The summed E-state index contributed by atoms with van der Waals surface area (Å²) in [6.45, 7) is 0. The zero-order chi connectivity index (χ0) is 12.1. The molecule has 2 aliphatic heterocycles. The van der Waals surface area contributed by atoms with Crippen LogP contribution in [0, 0.1) is 0 Å². The zero-order valence-corrected chi connectivity index (χ0v) is 10.1. The number of hydrogen-bond donors (Lipinski definition) is 0. The Morgan fingerprint density at radius 2 is 1.61 bits per heavy atom. The summed E-state index contributed by atoms with van der Waals surface area (Å²) in [4.78, 5) is 4.48. The SMILES string of the molecule is Clc1c2c3ccccc3nc-2oc2ccccc12. The number of benzene rings is 2. The first-order valence-electron chi connectivity index (χ1n) is 5.70. The molecule has 18 heavy (non-hydrogen) atoms. The van der Waals surface area contributed by atoms with Crippen LogP contribution in [0.2, 0.25) is 5.02 Å². The summed E-state index contributed by atoms with van der Waals surface area (Å²) in [5.74, 6) is 0.597. The quantitative estimate of drug-likeness (QED) is 0.452. The molecule has 0 fully saturated rings. The van der Waals surface area contributed by atoms with Gasteiger partial charge in [0.1, 0.15) is 5.58 Å². The van der Waals surface area contributed by atoms with Gasteiger partial charge in [0.05, 0.1) is 16.1 Å². The van der Waals surface area contributed by atoms with Crippen LogP contribution < -0.4 is 0 Å². The van der Waals surface area contributed by atoms with E-state index in [0.29, 0.717) is 10.9 Å². The molecule has 0 atom stereocenters. The van der Waals surface area contributed by atoms with E-state index < -0.39 is 0 Å². The molecule has 2 aromatic rings. The van der Waals surface area contributed by atoms with Gasteiger partial charge in [0, 0.05) is 10.8 Å². The topological polar surface area (TPSA) is 26.0 Å². The molecule has 86 valence electrons. The van der Waals surface area contributed by atoms with Crippen molar-refractivity contribution < 1.29 is 4.42 Å². The summed E-state index contributed by atoms with van der Waals surface area (Å²) in [6, 6.07) is 15.7. The first-order valence-corrected chi connectivity index (χ1v) is 6.08. The van der Waals surface area contributed by atoms with E-state index in [1.807, 2.05) is 48.5 Å². The van der Waals surface area contributed by atoms with Crippen LogP contribution in [0.3, 0.4) is 0 Å². The van der Waals surface area contributed by atoms with Gasteiger partial charge in [-0.3, -0.25) is 0 Å². The molecule has 0 spiro atoms. The van der Waals surface area contributed by atoms with Crippen molar-refractivity contribution in [2.24, 2.45) is 0 Å². The van der Waals surface area contributed by atoms with Gasteiger partial charge in [-0.05, 0) is 18.2 Å². The van der Waals surface area contributed by atoms with Gasteiger partial charge < -0.3 is 4.42 Å². The van der Waals surface area contributed by atoms with E-state index in [0.717, 1.165) is 27.4 Å². The Morgan fingerprint density at radius 1 is 0.889 bits per heavy atom. The molecular weight excluding hydrogens is 246 g/mol. The third-order valence-electron chi connectivity index (χ3n) is 3.16. The monoisotopic (exact) mass is 253 g/mol. The fourth-order valence-electron chi connectivity index (χ4n) is 2.32. The lowest BCUT2D eigenvalue weighted by molar-refractivity contribution is 0.605. The Hall–Kier alpha value is -2.06. The van der Waals surface area contributed by atoms with Crippen molar-refractivity contribution >= 4 is 33.5 Å². The highest BCUT2D eigenvalue weighted by Gasteiger charge is 2.20. The Labute approximate surface area is 108 Å². The van der Waals surface area contributed by atoms with Gasteiger partial charge in [-0.15, -0.1) is 0 Å². The van der Waals surface area contributed by atoms with Crippen molar-refractivity contribution in [3.05, 3.63) is 53.6 Å². The van der Waals surface area contributed by atoms with Crippen LogP contribution in [0.5, 0.6) is 0 Å². The molecule has 0 amide bonds. The predicted molar refractivity (Wildman–Crippen MR) is 73.1 cm³/mol. The van der Waals surface area contributed by atoms with Crippen molar-refractivity contribution in [3.8, 4) is 11.5 Å². The minimum absolute atomic E-state index is 0.597. The molecule has 2 aliphatic rings. The number of para-hydroxylation sites is 2. The minimum atomic E-state index is 0.597. The molecule has 0 saturated heterocycles. The van der Waals surface area contributed by atoms with E-state index in [1.54, 1.807) is 0 Å². The van der Waals surface area contributed by atoms with Gasteiger partial charge in [0.25, 0.3) is 0 Å². The predicted octanol–water partition coefficient (Wildman–Crippen LogP) is 4.74. The second-order valence-corrected chi connectivity index (χ2v) is 4.60. The van der Waals surface area contributed by atoms with Crippen LogP contribution in [-0.2, 0) is 0 Å². The van der Waals surface area contributed by atoms with Crippen LogP contribution in [-0.4, -0.2) is 4.98 Å². The fraction of sp³-hybridized carbons (Fsp3) is 0. The largest absolute Gasteiger partial charge is 0.438 e. The zero-order valence-electron chi connectivity index (χ0n) is 9.35. The van der Waals surface area contributed by atoms with E-state index in [1.165, 1.54) is 0 Å². The molecular formula is C15H8ClNO. The highest BCUT2D eigenvalue weighted by molar-refractivity contribution is 6.39. The molecule has 0 unspecified atom stereocenters. The van der Waals surface area contributed by atoms with Gasteiger partial charge in [0.2, 0.25) is 5.89 Å². The summed E-state index contributed by atoms with van der Waals surface area (Å²) in [6.07, 6.45) is 0. The van der Waals surface area contributed by atoms with Crippen molar-refractivity contribution in [2.45, 2.75) is 0 Å². The Bertz CT molecular complexity index is 850. The van der Waals surface area contributed by atoms with E-state index in [9.17, 15) is 0 Å². The van der Waals surface area contributed by atoms with E-state index >= 15 is 0 Å². The first kappa shape index (κ1) is 9.92. The maximum absolute atomic E-state index is 6.49. The van der Waals surface area contributed by atoms with Crippen LogP contribution in [0.15, 0.2) is 52.9 Å². The van der Waals surface area contributed by atoms with Crippen LogP contribution >= 0.6 is 11.6 Å². The third kappa shape index (κ3) is 1.21. The number of fused-ring (bicyclic) bond motifs is 4.